The number of thioether (sulfide) groups is 1. The summed E-state index contributed by atoms with van der Waals surface area (Å²) in [7, 11) is 0. The van der Waals surface area contributed by atoms with Crippen LogP contribution >= 0.6 is 11.8 Å². The van der Waals surface area contributed by atoms with Crippen molar-refractivity contribution in [2.24, 2.45) is 0 Å². The van der Waals surface area contributed by atoms with Gasteiger partial charge in [-0.05, 0) is 36.8 Å². The molecule has 0 spiro atoms. The van der Waals surface area contributed by atoms with E-state index >= 15 is 0 Å². The van der Waals surface area contributed by atoms with E-state index in [1.54, 1.807) is 0 Å². The van der Waals surface area contributed by atoms with Crippen LogP contribution in [0.1, 0.15) is 30.5 Å². The third-order valence-corrected chi connectivity index (χ3v) is 3.89. The molecule has 0 aliphatic carbocycles. The SMILES string of the molecule is CCNC(CSCCCO)c1ccccc1C. The van der Waals surface area contributed by atoms with Crippen molar-refractivity contribution in [3.8, 4) is 0 Å². The Balaban J connectivity index is 2.56. The summed E-state index contributed by atoms with van der Waals surface area (Å²) in [6.07, 6.45) is 0.886. The number of hydrogen-bond donors (Lipinski definition) is 2. The maximum atomic E-state index is 8.77. The van der Waals surface area contributed by atoms with E-state index in [1.165, 1.54) is 11.1 Å². The molecule has 0 aliphatic heterocycles. The number of hydrogen-bond acceptors (Lipinski definition) is 3. The van der Waals surface area contributed by atoms with Gasteiger partial charge >= 0.3 is 0 Å². The van der Waals surface area contributed by atoms with Crippen LogP contribution in [0.25, 0.3) is 0 Å². The van der Waals surface area contributed by atoms with Gasteiger partial charge in [0.1, 0.15) is 0 Å². The molecule has 1 aromatic rings. The fourth-order valence-electron chi connectivity index (χ4n) is 1.85. The third kappa shape index (κ3) is 5.11. The van der Waals surface area contributed by atoms with Gasteiger partial charge in [0.2, 0.25) is 0 Å². The van der Waals surface area contributed by atoms with Crippen LogP contribution in [0.15, 0.2) is 24.3 Å². The van der Waals surface area contributed by atoms with Crippen molar-refractivity contribution in [2.75, 3.05) is 24.7 Å². The second-order valence-corrected chi connectivity index (χ2v) is 5.27. The third-order valence-electron chi connectivity index (χ3n) is 2.75. The molecule has 3 heteroatoms. The molecule has 1 atom stereocenters. The fourth-order valence-corrected chi connectivity index (χ4v) is 2.88. The van der Waals surface area contributed by atoms with Crippen LogP contribution in [0.5, 0.6) is 0 Å². The van der Waals surface area contributed by atoms with Gasteiger partial charge in [0.05, 0.1) is 0 Å². The molecule has 0 aliphatic rings. The van der Waals surface area contributed by atoms with Crippen molar-refractivity contribution >= 4 is 11.8 Å². The molecule has 1 rings (SSSR count). The van der Waals surface area contributed by atoms with E-state index < -0.39 is 0 Å². The largest absolute Gasteiger partial charge is 0.396 e. The van der Waals surface area contributed by atoms with Gasteiger partial charge in [-0.15, -0.1) is 0 Å². The Morgan fingerprint density at radius 3 is 2.76 bits per heavy atom. The second-order valence-electron chi connectivity index (χ2n) is 4.12. The van der Waals surface area contributed by atoms with Crippen molar-refractivity contribution in [1.82, 2.24) is 5.32 Å². The summed E-state index contributed by atoms with van der Waals surface area (Å²) < 4.78 is 0. The Hall–Kier alpha value is -0.510. The quantitative estimate of drug-likeness (QED) is 0.699. The standard InChI is InChI=1S/C14H23NOS/c1-3-15-14(11-17-10-6-9-16)13-8-5-4-7-12(13)2/h4-5,7-8,14-16H,3,6,9-11H2,1-2H3. The fraction of sp³-hybridized carbons (Fsp3) is 0.571. The number of aryl methyl sites for hydroxylation is 1. The van der Waals surface area contributed by atoms with E-state index in [9.17, 15) is 0 Å². The van der Waals surface area contributed by atoms with Crippen LogP contribution in [0.3, 0.4) is 0 Å². The molecular weight excluding hydrogens is 230 g/mol. The molecular formula is C14H23NOS. The molecule has 0 heterocycles. The lowest BCUT2D eigenvalue weighted by Gasteiger charge is -2.20. The zero-order valence-corrected chi connectivity index (χ0v) is 11.6. The van der Waals surface area contributed by atoms with Crippen LogP contribution in [-0.2, 0) is 0 Å². The van der Waals surface area contributed by atoms with E-state index in [2.05, 4.69) is 43.4 Å². The highest BCUT2D eigenvalue weighted by molar-refractivity contribution is 7.99. The minimum atomic E-state index is 0.295. The summed E-state index contributed by atoms with van der Waals surface area (Å²) in [5, 5.41) is 12.3. The average Bonchev–Trinajstić information content (AvgIpc) is 2.34. The maximum Gasteiger partial charge on any atom is 0.0438 e. The number of rotatable bonds is 8. The summed E-state index contributed by atoms with van der Waals surface area (Å²) in [5.41, 5.74) is 2.74. The van der Waals surface area contributed by atoms with E-state index in [0.29, 0.717) is 12.6 Å². The van der Waals surface area contributed by atoms with Crippen molar-refractivity contribution in [2.45, 2.75) is 26.3 Å². The Bertz CT molecular complexity index is 317. The lowest BCUT2D eigenvalue weighted by atomic mass is 10.0. The first kappa shape index (κ1) is 14.6. The Morgan fingerprint density at radius 1 is 1.35 bits per heavy atom. The molecule has 0 saturated carbocycles. The summed E-state index contributed by atoms with van der Waals surface area (Å²) in [6, 6.07) is 8.98. The van der Waals surface area contributed by atoms with Crippen LogP contribution in [0, 0.1) is 6.92 Å². The smallest absolute Gasteiger partial charge is 0.0438 e. The number of benzene rings is 1. The second kappa shape index (κ2) is 8.56. The first-order valence-electron chi connectivity index (χ1n) is 6.27. The number of aliphatic hydroxyl groups is 1. The van der Waals surface area contributed by atoms with Crippen molar-refractivity contribution < 1.29 is 5.11 Å². The maximum absolute atomic E-state index is 8.77. The van der Waals surface area contributed by atoms with Gasteiger partial charge in [-0.25, -0.2) is 0 Å². The Morgan fingerprint density at radius 2 is 2.12 bits per heavy atom. The highest BCUT2D eigenvalue weighted by Gasteiger charge is 2.11. The van der Waals surface area contributed by atoms with Gasteiger partial charge in [0, 0.05) is 18.4 Å². The molecule has 2 nitrogen and oxygen atoms in total. The number of nitrogens with one attached hydrogen (secondary N) is 1. The summed E-state index contributed by atoms with van der Waals surface area (Å²) in [4.78, 5) is 0. The lowest BCUT2D eigenvalue weighted by molar-refractivity contribution is 0.296. The minimum Gasteiger partial charge on any atom is -0.396 e. The van der Waals surface area contributed by atoms with Gasteiger partial charge < -0.3 is 10.4 Å². The first-order chi connectivity index (χ1) is 8.29. The van der Waals surface area contributed by atoms with Gasteiger partial charge in [-0.3, -0.25) is 0 Å². The van der Waals surface area contributed by atoms with Gasteiger partial charge in [0.25, 0.3) is 0 Å². The summed E-state index contributed by atoms with van der Waals surface area (Å²) >= 11 is 1.91. The van der Waals surface area contributed by atoms with E-state index in [0.717, 1.165) is 24.5 Å². The first-order valence-corrected chi connectivity index (χ1v) is 7.42. The van der Waals surface area contributed by atoms with Crippen LogP contribution < -0.4 is 5.32 Å². The Kier molecular flexibility index (Phi) is 7.33. The van der Waals surface area contributed by atoms with Crippen molar-refractivity contribution in [3.05, 3.63) is 35.4 Å². The number of aliphatic hydroxyl groups excluding tert-OH is 1. The molecule has 1 unspecified atom stereocenters. The van der Waals surface area contributed by atoms with Crippen LogP contribution in [-0.4, -0.2) is 29.8 Å². The zero-order valence-electron chi connectivity index (χ0n) is 10.8. The zero-order chi connectivity index (χ0) is 12.5. The molecule has 1 aromatic carbocycles. The van der Waals surface area contributed by atoms with Crippen molar-refractivity contribution in [1.29, 1.82) is 0 Å². The highest BCUT2D eigenvalue weighted by atomic mass is 32.2. The highest BCUT2D eigenvalue weighted by Crippen LogP contribution is 2.21. The molecule has 0 fully saturated rings. The van der Waals surface area contributed by atoms with Crippen molar-refractivity contribution in [3.63, 3.8) is 0 Å². The normalized spacial score (nSPS) is 12.6. The molecule has 0 saturated heterocycles. The lowest BCUT2D eigenvalue weighted by Crippen LogP contribution is -2.23. The average molecular weight is 253 g/mol. The van der Waals surface area contributed by atoms with Gasteiger partial charge in [0.15, 0.2) is 0 Å². The Labute approximate surface area is 109 Å². The van der Waals surface area contributed by atoms with Gasteiger partial charge in [-0.2, -0.15) is 11.8 Å². The molecule has 0 amide bonds. The molecule has 96 valence electrons. The monoisotopic (exact) mass is 253 g/mol. The van der Waals surface area contributed by atoms with Crippen LogP contribution in [0.4, 0.5) is 0 Å². The predicted molar refractivity (Wildman–Crippen MR) is 76.6 cm³/mol. The summed E-state index contributed by atoms with van der Waals surface area (Å²) in [5.74, 6) is 2.10. The molecule has 17 heavy (non-hydrogen) atoms. The van der Waals surface area contributed by atoms with Gasteiger partial charge in [-0.1, -0.05) is 31.2 Å². The summed E-state index contributed by atoms with van der Waals surface area (Å²) in [6.45, 7) is 5.59. The molecule has 2 N–H and O–H groups in total. The topological polar surface area (TPSA) is 32.3 Å². The van der Waals surface area contributed by atoms with E-state index in [-0.39, 0.29) is 0 Å². The van der Waals surface area contributed by atoms with E-state index in [4.69, 9.17) is 5.11 Å². The molecule has 0 bridgehead atoms. The van der Waals surface area contributed by atoms with E-state index in [1.807, 2.05) is 11.8 Å². The minimum absolute atomic E-state index is 0.295. The molecule has 0 aromatic heterocycles. The molecule has 0 radical (unpaired) electrons. The van der Waals surface area contributed by atoms with Crippen LogP contribution in [0.2, 0.25) is 0 Å². The predicted octanol–water partition coefficient (Wildman–Crippen LogP) is 2.76.